The zero-order valence-corrected chi connectivity index (χ0v) is 22.2. The van der Waals surface area contributed by atoms with E-state index in [-0.39, 0.29) is 17.4 Å². The van der Waals surface area contributed by atoms with E-state index in [1.165, 1.54) is 6.42 Å². The fraction of sp³-hybridized carbons (Fsp3) is 0.433. The number of benzene rings is 2. The van der Waals surface area contributed by atoms with E-state index in [9.17, 15) is 9.59 Å². The molecule has 0 bridgehead atoms. The van der Waals surface area contributed by atoms with Gasteiger partial charge < -0.3 is 14.8 Å². The molecule has 0 spiro atoms. The van der Waals surface area contributed by atoms with Crippen LogP contribution in [0.2, 0.25) is 0 Å². The molecule has 1 saturated carbocycles. The molecule has 1 N–H and O–H groups in total. The topological polar surface area (TPSA) is 82.4 Å². The molecule has 2 aromatic carbocycles. The number of hydrogen-bond acceptors (Lipinski definition) is 5. The lowest BCUT2D eigenvalue weighted by Gasteiger charge is -2.27. The van der Waals surface area contributed by atoms with Gasteiger partial charge in [0.2, 0.25) is 0 Å². The molecule has 1 aromatic heterocycles. The third kappa shape index (κ3) is 6.40. The molecule has 196 valence electrons. The SMILES string of the molecule is COc1cccc(OC)c1-c1cc(C(=O)N[C@@H](Cc2ccccc2)C(=O)CC2CCC2)nn1CC(C)C. The van der Waals surface area contributed by atoms with E-state index in [0.717, 1.165) is 29.7 Å². The number of rotatable bonds is 12. The molecular weight excluding hydrogens is 466 g/mol. The molecule has 37 heavy (non-hydrogen) atoms. The highest BCUT2D eigenvalue weighted by molar-refractivity contribution is 5.97. The number of Topliss-reactive ketones (excluding diaryl/α,β-unsaturated/α-hetero) is 1. The Morgan fingerprint density at radius 3 is 2.27 bits per heavy atom. The van der Waals surface area contributed by atoms with E-state index < -0.39 is 6.04 Å². The zero-order chi connectivity index (χ0) is 26.4. The standard InChI is InChI=1S/C30H37N3O4/c1-20(2)19-33-25(29-27(36-3)14-9-15-28(29)37-4)18-24(32-33)30(35)31-23(16-21-10-6-5-7-11-21)26(34)17-22-12-8-13-22/h5-7,9-11,14-15,18,20,22-23H,8,12-13,16-17,19H2,1-4H3,(H,31,35)/t23-/m0/s1. The summed E-state index contributed by atoms with van der Waals surface area (Å²) in [6.45, 7) is 4.80. The first-order valence-electron chi connectivity index (χ1n) is 13.1. The van der Waals surface area contributed by atoms with Gasteiger partial charge in [-0.15, -0.1) is 0 Å². The van der Waals surface area contributed by atoms with Gasteiger partial charge in [0.05, 0.1) is 31.5 Å². The van der Waals surface area contributed by atoms with Crippen LogP contribution in [0.1, 0.15) is 55.6 Å². The third-order valence-corrected chi connectivity index (χ3v) is 6.93. The van der Waals surface area contributed by atoms with Crippen molar-refractivity contribution in [2.45, 2.75) is 58.5 Å². The number of nitrogens with one attached hydrogen (secondary N) is 1. The van der Waals surface area contributed by atoms with Crippen molar-refractivity contribution >= 4 is 11.7 Å². The van der Waals surface area contributed by atoms with Crippen molar-refractivity contribution in [3.8, 4) is 22.8 Å². The van der Waals surface area contributed by atoms with Crippen molar-refractivity contribution in [1.82, 2.24) is 15.1 Å². The Morgan fingerprint density at radius 2 is 1.70 bits per heavy atom. The summed E-state index contributed by atoms with van der Waals surface area (Å²) in [5.74, 6) is 1.71. The molecule has 1 aliphatic rings. The molecule has 0 aliphatic heterocycles. The van der Waals surface area contributed by atoms with Crippen molar-refractivity contribution < 1.29 is 19.1 Å². The lowest BCUT2D eigenvalue weighted by Crippen LogP contribution is -2.43. The molecule has 1 aliphatic carbocycles. The minimum atomic E-state index is -0.602. The summed E-state index contributed by atoms with van der Waals surface area (Å²) in [6.07, 6.45) is 4.31. The monoisotopic (exact) mass is 503 g/mol. The predicted molar refractivity (Wildman–Crippen MR) is 144 cm³/mol. The maximum absolute atomic E-state index is 13.5. The average Bonchev–Trinajstić information content (AvgIpc) is 3.28. The Labute approximate surface area is 219 Å². The second kappa shape index (κ2) is 12.1. The number of nitrogens with zero attached hydrogens (tertiary/aromatic N) is 2. The Kier molecular flexibility index (Phi) is 8.64. The van der Waals surface area contributed by atoms with Gasteiger partial charge in [-0.3, -0.25) is 14.3 Å². The molecule has 4 rings (SSSR count). The lowest BCUT2D eigenvalue weighted by molar-refractivity contribution is -0.122. The fourth-order valence-corrected chi connectivity index (χ4v) is 4.77. The van der Waals surface area contributed by atoms with Crippen molar-refractivity contribution in [3.63, 3.8) is 0 Å². The van der Waals surface area contributed by atoms with Crippen LogP contribution in [-0.4, -0.2) is 41.7 Å². The molecule has 7 nitrogen and oxygen atoms in total. The molecule has 0 radical (unpaired) electrons. The summed E-state index contributed by atoms with van der Waals surface area (Å²) in [5, 5.41) is 7.68. The Bertz CT molecular complexity index is 1190. The Morgan fingerprint density at radius 1 is 1.03 bits per heavy atom. The van der Waals surface area contributed by atoms with E-state index in [2.05, 4.69) is 24.3 Å². The van der Waals surface area contributed by atoms with Crippen molar-refractivity contribution in [1.29, 1.82) is 0 Å². The van der Waals surface area contributed by atoms with Crippen LogP contribution in [0.4, 0.5) is 0 Å². The average molecular weight is 504 g/mol. The molecule has 3 aromatic rings. The fourth-order valence-electron chi connectivity index (χ4n) is 4.77. The minimum Gasteiger partial charge on any atom is -0.496 e. The van der Waals surface area contributed by atoms with Crippen molar-refractivity contribution in [2.75, 3.05) is 14.2 Å². The molecule has 0 unspecified atom stereocenters. The van der Waals surface area contributed by atoms with E-state index in [0.29, 0.717) is 42.7 Å². The van der Waals surface area contributed by atoms with Crippen LogP contribution in [0.15, 0.2) is 54.6 Å². The summed E-state index contributed by atoms with van der Waals surface area (Å²) < 4.78 is 13.1. The Balaban J connectivity index is 1.65. The quantitative estimate of drug-likeness (QED) is 0.362. The number of hydrogen-bond donors (Lipinski definition) is 1. The van der Waals surface area contributed by atoms with E-state index in [1.54, 1.807) is 20.3 Å². The second-order valence-electron chi connectivity index (χ2n) is 10.2. The van der Waals surface area contributed by atoms with Crippen LogP contribution >= 0.6 is 0 Å². The summed E-state index contributed by atoms with van der Waals surface area (Å²) >= 11 is 0. The van der Waals surface area contributed by atoms with Gasteiger partial charge in [0, 0.05) is 13.0 Å². The van der Waals surface area contributed by atoms with Gasteiger partial charge in [-0.2, -0.15) is 5.10 Å². The van der Waals surface area contributed by atoms with E-state index >= 15 is 0 Å². The zero-order valence-electron chi connectivity index (χ0n) is 22.2. The summed E-state index contributed by atoms with van der Waals surface area (Å²) in [4.78, 5) is 26.8. The molecule has 1 amide bonds. The first kappa shape index (κ1) is 26.5. The molecule has 1 fully saturated rings. The number of carbonyl (C=O) groups is 2. The van der Waals surface area contributed by atoms with Gasteiger partial charge in [0.1, 0.15) is 11.5 Å². The van der Waals surface area contributed by atoms with Gasteiger partial charge in [0.15, 0.2) is 11.5 Å². The molecule has 7 heteroatoms. The number of carbonyl (C=O) groups excluding carboxylic acids is 2. The van der Waals surface area contributed by atoms with Crippen LogP contribution in [0.25, 0.3) is 11.3 Å². The molecular formula is C30H37N3O4. The normalized spacial score (nSPS) is 14.2. The van der Waals surface area contributed by atoms with Crippen LogP contribution in [0.5, 0.6) is 11.5 Å². The van der Waals surface area contributed by atoms with E-state index in [1.807, 2.05) is 53.2 Å². The highest BCUT2D eigenvalue weighted by Gasteiger charge is 2.29. The summed E-state index contributed by atoms with van der Waals surface area (Å²) in [5.41, 5.74) is 2.74. The number of methoxy groups -OCH3 is 2. The lowest BCUT2D eigenvalue weighted by atomic mass is 9.80. The minimum absolute atomic E-state index is 0.0788. The van der Waals surface area contributed by atoms with Crippen molar-refractivity contribution in [2.24, 2.45) is 11.8 Å². The molecule has 1 atom stereocenters. The Hall–Kier alpha value is -3.61. The van der Waals surface area contributed by atoms with Crippen molar-refractivity contribution in [3.05, 3.63) is 65.9 Å². The summed E-state index contributed by atoms with van der Waals surface area (Å²) in [6, 6.07) is 16.6. The smallest absolute Gasteiger partial charge is 0.272 e. The third-order valence-electron chi connectivity index (χ3n) is 6.93. The van der Waals surface area contributed by atoms with Crippen LogP contribution in [0.3, 0.4) is 0 Å². The maximum Gasteiger partial charge on any atom is 0.272 e. The summed E-state index contributed by atoms with van der Waals surface area (Å²) in [7, 11) is 3.22. The first-order chi connectivity index (χ1) is 17.9. The van der Waals surface area contributed by atoms with Gasteiger partial charge in [-0.1, -0.05) is 69.5 Å². The number of amides is 1. The van der Waals surface area contributed by atoms with Crippen LogP contribution in [0, 0.1) is 11.8 Å². The van der Waals surface area contributed by atoms with Gasteiger partial charge in [0.25, 0.3) is 5.91 Å². The number of aromatic nitrogens is 2. The van der Waals surface area contributed by atoms with E-state index in [4.69, 9.17) is 9.47 Å². The van der Waals surface area contributed by atoms with Gasteiger partial charge >= 0.3 is 0 Å². The molecule has 0 saturated heterocycles. The van der Waals surface area contributed by atoms with Gasteiger partial charge in [-0.05, 0) is 42.0 Å². The van der Waals surface area contributed by atoms with Crippen LogP contribution < -0.4 is 14.8 Å². The maximum atomic E-state index is 13.5. The van der Waals surface area contributed by atoms with Gasteiger partial charge in [-0.25, -0.2) is 0 Å². The molecule has 1 heterocycles. The number of ether oxygens (including phenoxy) is 2. The largest absolute Gasteiger partial charge is 0.496 e. The first-order valence-corrected chi connectivity index (χ1v) is 13.1. The second-order valence-corrected chi connectivity index (χ2v) is 10.2. The van der Waals surface area contributed by atoms with Crippen LogP contribution in [-0.2, 0) is 17.8 Å². The number of ketones is 1. The highest BCUT2D eigenvalue weighted by atomic mass is 16.5. The predicted octanol–water partition coefficient (Wildman–Crippen LogP) is 5.32. The highest BCUT2D eigenvalue weighted by Crippen LogP contribution is 2.39.